The Morgan fingerprint density at radius 2 is 1.09 bits per heavy atom. The molecule has 2 aromatic heterocycles. The third-order valence-corrected chi connectivity index (χ3v) is 3.90. The van der Waals surface area contributed by atoms with E-state index in [-0.39, 0.29) is 0 Å². The van der Waals surface area contributed by atoms with Crippen LogP contribution in [0.25, 0.3) is 12.2 Å². The highest BCUT2D eigenvalue weighted by Crippen LogP contribution is 2.22. The molecule has 3 aliphatic rings. The van der Waals surface area contributed by atoms with Crippen LogP contribution in [0.3, 0.4) is 0 Å². The van der Waals surface area contributed by atoms with Gasteiger partial charge in [-0.25, -0.2) is 9.98 Å². The number of rotatable bonds is 0. The zero-order chi connectivity index (χ0) is 14.5. The van der Waals surface area contributed by atoms with E-state index in [9.17, 15) is 0 Å². The molecule has 5 heterocycles. The van der Waals surface area contributed by atoms with E-state index in [0.29, 0.717) is 0 Å². The van der Waals surface area contributed by atoms with Gasteiger partial charge in [0.2, 0.25) is 0 Å². The van der Waals surface area contributed by atoms with Gasteiger partial charge in [0.25, 0.3) is 0 Å². The molecular formula is C18H12N4. The summed E-state index contributed by atoms with van der Waals surface area (Å²) in [6.07, 6.45) is 12.2. The van der Waals surface area contributed by atoms with Crippen LogP contribution in [-0.2, 0) is 0 Å². The second-order valence-corrected chi connectivity index (χ2v) is 5.45. The Morgan fingerprint density at radius 3 is 1.59 bits per heavy atom. The molecule has 0 aliphatic carbocycles. The first-order valence-electron chi connectivity index (χ1n) is 7.19. The zero-order valence-corrected chi connectivity index (χ0v) is 11.7. The Hall–Kier alpha value is -3.14. The summed E-state index contributed by atoms with van der Waals surface area (Å²) in [5, 5.41) is 0. The summed E-state index contributed by atoms with van der Waals surface area (Å²) in [4.78, 5) is 16.1. The summed E-state index contributed by atoms with van der Waals surface area (Å²) in [5.74, 6) is 0. The fraction of sp³-hybridized carbons (Fsp3) is 0. The van der Waals surface area contributed by atoms with Crippen molar-refractivity contribution in [3.8, 4) is 0 Å². The van der Waals surface area contributed by atoms with Gasteiger partial charge < -0.3 is 9.97 Å². The highest BCUT2D eigenvalue weighted by atomic mass is 14.9. The number of hydrogen-bond acceptors (Lipinski definition) is 2. The summed E-state index contributed by atoms with van der Waals surface area (Å²) in [5.41, 5.74) is 7.86. The maximum absolute atomic E-state index is 4.66. The number of hydrogen-bond donors (Lipinski definition) is 2. The van der Waals surface area contributed by atoms with Gasteiger partial charge in [0, 0.05) is 11.4 Å². The van der Waals surface area contributed by atoms with E-state index in [4.69, 9.17) is 0 Å². The monoisotopic (exact) mass is 284 g/mol. The molecule has 4 nitrogen and oxygen atoms in total. The molecule has 0 spiro atoms. The molecule has 5 rings (SSSR count). The SMILES string of the molecule is C1=CC2=NC1=Cc1ccc([nH]1)C1=NC(=Cc3ccc2[nH]3)C=C1. The maximum atomic E-state index is 4.66. The Bertz CT molecular complexity index is 890. The first kappa shape index (κ1) is 11.5. The first-order valence-corrected chi connectivity index (χ1v) is 7.19. The van der Waals surface area contributed by atoms with Crippen molar-refractivity contribution in [2.45, 2.75) is 0 Å². The number of allylic oxidation sites excluding steroid dienone is 4. The fourth-order valence-corrected chi connectivity index (χ4v) is 2.83. The molecule has 8 bridgehead atoms. The third-order valence-electron chi connectivity index (χ3n) is 3.90. The molecule has 0 fully saturated rings. The molecule has 0 atom stereocenters. The van der Waals surface area contributed by atoms with Crippen LogP contribution in [0.4, 0.5) is 0 Å². The summed E-state index contributed by atoms with van der Waals surface area (Å²) in [7, 11) is 0. The van der Waals surface area contributed by atoms with Crippen molar-refractivity contribution in [2.24, 2.45) is 9.98 Å². The van der Waals surface area contributed by atoms with Crippen molar-refractivity contribution < 1.29 is 0 Å². The molecule has 0 unspecified atom stereocenters. The number of fused-ring (bicyclic) bond motifs is 8. The van der Waals surface area contributed by atoms with Gasteiger partial charge in [0.15, 0.2) is 0 Å². The van der Waals surface area contributed by atoms with E-state index >= 15 is 0 Å². The molecule has 22 heavy (non-hydrogen) atoms. The Labute approximate surface area is 127 Å². The van der Waals surface area contributed by atoms with E-state index in [1.54, 1.807) is 0 Å². The molecular weight excluding hydrogens is 272 g/mol. The van der Waals surface area contributed by atoms with Crippen LogP contribution >= 0.6 is 0 Å². The van der Waals surface area contributed by atoms with Crippen LogP contribution in [0.2, 0.25) is 0 Å². The summed E-state index contributed by atoms with van der Waals surface area (Å²) >= 11 is 0. The van der Waals surface area contributed by atoms with E-state index in [1.165, 1.54) is 0 Å². The lowest BCUT2D eigenvalue weighted by molar-refractivity contribution is 1.30. The van der Waals surface area contributed by atoms with Gasteiger partial charge >= 0.3 is 0 Å². The van der Waals surface area contributed by atoms with Gasteiger partial charge in [-0.05, 0) is 60.7 Å². The minimum atomic E-state index is 0.941. The molecule has 0 amide bonds. The van der Waals surface area contributed by atoms with Crippen molar-refractivity contribution in [1.29, 1.82) is 0 Å². The highest BCUT2D eigenvalue weighted by Gasteiger charge is 2.13. The van der Waals surface area contributed by atoms with Crippen LogP contribution in [0.1, 0.15) is 22.8 Å². The van der Waals surface area contributed by atoms with Crippen LogP contribution in [0.15, 0.2) is 69.9 Å². The topological polar surface area (TPSA) is 56.3 Å². The van der Waals surface area contributed by atoms with Crippen molar-refractivity contribution in [2.75, 3.05) is 0 Å². The summed E-state index contributed by atoms with van der Waals surface area (Å²) < 4.78 is 0. The Balaban J connectivity index is 1.74. The van der Waals surface area contributed by atoms with Gasteiger partial charge in [-0.2, -0.15) is 0 Å². The summed E-state index contributed by atoms with van der Waals surface area (Å²) in [6.45, 7) is 0. The van der Waals surface area contributed by atoms with Gasteiger partial charge in [0.05, 0.1) is 34.2 Å². The normalized spacial score (nSPS) is 17.8. The lowest BCUT2D eigenvalue weighted by Crippen LogP contribution is -1.95. The molecule has 0 radical (unpaired) electrons. The smallest absolute Gasteiger partial charge is 0.0872 e. The van der Waals surface area contributed by atoms with Crippen LogP contribution in [0.5, 0.6) is 0 Å². The zero-order valence-electron chi connectivity index (χ0n) is 11.7. The minimum Gasteiger partial charge on any atom is -0.354 e. The third kappa shape index (κ3) is 1.78. The highest BCUT2D eigenvalue weighted by molar-refractivity contribution is 6.11. The van der Waals surface area contributed by atoms with Crippen molar-refractivity contribution in [3.05, 3.63) is 82.7 Å². The Morgan fingerprint density at radius 1 is 0.591 bits per heavy atom. The number of aromatic amines is 2. The van der Waals surface area contributed by atoms with Gasteiger partial charge in [0.1, 0.15) is 0 Å². The van der Waals surface area contributed by atoms with Gasteiger partial charge in [-0.1, -0.05) is 0 Å². The second kappa shape index (κ2) is 4.18. The number of H-pyrrole nitrogens is 2. The summed E-state index contributed by atoms with van der Waals surface area (Å²) in [6, 6.07) is 8.20. The molecule has 4 heteroatoms. The van der Waals surface area contributed by atoms with Crippen LogP contribution < -0.4 is 0 Å². The van der Waals surface area contributed by atoms with Crippen molar-refractivity contribution >= 4 is 23.6 Å². The van der Waals surface area contributed by atoms with Crippen LogP contribution in [0, 0.1) is 0 Å². The maximum Gasteiger partial charge on any atom is 0.0872 e. The minimum absolute atomic E-state index is 0.941. The predicted octanol–water partition coefficient (Wildman–Crippen LogP) is 3.46. The molecule has 2 aromatic rings. The number of nitrogens with one attached hydrogen (secondary N) is 2. The van der Waals surface area contributed by atoms with Gasteiger partial charge in [-0.15, -0.1) is 0 Å². The Kier molecular flexibility index (Phi) is 2.19. The molecule has 0 aromatic carbocycles. The standard InChI is InChI=1S/C18H12N4/c1-5-15-16-6-3-13(21-16)10-14-4-8-18(22-14)17-7-2-12(20-17)9-11(1)19-15/h1-10,19,22H. The first-order chi connectivity index (χ1) is 10.8. The number of aromatic nitrogens is 2. The second-order valence-electron chi connectivity index (χ2n) is 5.45. The lowest BCUT2D eigenvalue weighted by Gasteiger charge is -1.96. The average molecular weight is 284 g/mol. The lowest BCUT2D eigenvalue weighted by atomic mass is 10.2. The number of nitrogens with zero attached hydrogens (tertiary/aromatic N) is 2. The van der Waals surface area contributed by atoms with E-state index in [1.807, 2.05) is 60.7 Å². The molecule has 3 aliphatic heterocycles. The molecule has 0 saturated heterocycles. The predicted molar refractivity (Wildman–Crippen MR) is 88.9 cm³/mol. The molecule has 0 saturated carbocycles. The van der Waals surface area contributed by atoms with E-state index in [0.717, 1.165) is 45.6 Å². The molecule has 104 valence electrons. The van der Waals surface area contributed by atoms with Crippen molar-refractivity contribution in [1.82, 2.24) is 9.97 Å². The van der Waals surface area contributed by atoms with Crippen molar-refractivity contribution in [3.63, 3.8) is 0 Å². The van der Waals surface area contributed by atoms with E-state index in [2.05, 4.69) is 20.0 Å². The van der Waals surface area contributed by atoms with Crippen LogP contribution in [-0.4, -0.2) is 21.4 Å². The van der Waals surface area contributed by atoms with E-state index < -0.39 is 0 Å². The number of aliphatic imine (C=N–C) groups is 2. The molecule has 2 N–H and O–H groups in total. The fourth-order valence-electron chi connectivity index (χ4n) is 2.83. The van der Waals surface area contributed by atoms with Gasteiger partial charge in [-0.3, -0.25) is 0 Å². The largest absolute Gasteiger partial charge is 0.354 e. The average Bonchev–Trinajstić information content (AvgIpc) is 3.24. The quantitative estimate of drug-likeness (QED) is 0.744.